The molecule has 1 unspecified atom stereocenters. The Bertz CT molecular complexity index is 988. The van der Waals surface area contributed by atoms with Crippen LogP contribution < -0.4 is 19.9 Å². The number of methoxy groups -OCH3 is 1. The predicted molar refractivity (Wildman–Crippen MR) is 111 cm³/mol. The molecule has 0 saturated carbocycles. The van der Waals surface area contributed by atoms with Crippen LogP contribution in [0.3, 0.4) is 0 Å². The number of carbonyl (C=O) groups is 3. The summed E-state index contributed by atoms with van der Waals surface area (Å²) in [5.74, 6) is 0.233. The Kier molecular flexibility index (Phi) is 4.96. The number of fused-ring (bicyclic) bond motifs is 3. The Morgan fingerprint density at radius 3 is 2.76 bits per heavy atom. The number of carbonyl (C=O) groups excluding carboxylic acids is 3. The molecule has 0 aromatic heterocycles. The van der Waals surface area contributed by atoms with Gasteiger partial charge in [-0.25, -0.2) is 0 Å². The average Bonchev–Trinajstić information content (AvgIpc) is 3.12. The molecule has 1 atom stereocenters. The first-order chi connectivity index (χ1) is 14.0. The quantitative estimate of drug-likeness (QED) is 0.846. The molecule has 2 aliphatic rings. The third-order valence-electron chi connectivity index (χ3n) is 5.33. The lowest BCUT2D eigenvalue weighted by atomic mass is 10.0. The molecule has 29 heavy (non-hydrogen) atoms. The molecule has 3 amide bonds. The molecule has 0 radical (unpaired) electrons. The van der Waals surface area contributed by atoms with Crippen LogP contribution in [0.1, 0.15) is 36.5 Å². The number of ether oxygens (including phenoxy) is 1. The molecule has 7 heteroatoms. The van der Waals surface area contributed by atoms with E-state index in [2.05, 4.69) is 5.32 Å². The highest BCUT2D eigenvalue weighted by Crippen LogP contribution is 2.41. The van der Waals surface area contributed by atoms with Gasteiger partial charge in [0.25, 0.3) is 5.91 Å². The van der Waals surface area contributed by atoms with E-state index in [9.17, 15) is 14.4 Å². The molecule has 1 saturated heterocycles. The summed E-state index contributed by atoms with van der Waals surface area (Å²) in [6, 6.07) is 11.8. The second-order valence-corrected chi connectivity index (χ2v) is 7.20. The van der Waals surface area contributed by atoms with E-state index < -0.39 is 6.04 Å². The third kappa shape index (κ3) is 3.33. The van der Waals surface area contributed by atoms with Crippen molar-refractivity contribution in [3.8, 4) is 5.75 Å². The lowest BCUT2D eigenvalue weighted by Gasteiger charge is -2.38. The Morgan fingerprint density at radius 1 is 1.17 bits per heavy atom. The van der Waals surface area contributed by atoms with E-state index in [0.29, 0.717) is 47.8 Å². The van der Waals surface area contributed by atoms with Crippen molar-refractivity contribution in [3.63, 3.8) is 0 Å². The summed E-state index contributed by atoms with van der Waals surface area (Å²) in [5, 5.41) is 2.85. The molecule has 0 aliphatic carbocycles. The Morgan fingerprint density at radius 2 is 2.00 bits per heavy atom. The number of anilines is 3. The number of hydrogen-bond acceptors (Lipinski definition) is 4. The largest absolute Gasteiger partial charge is 0.497 e. The number of rotatable bonds is 5. The Balaban J connectivity index is 1.68. The predicted octanol–water partition coefficient (Wildman–Crippen LogP) is 3.20. The van der Waals surface area contributed by atoms with E-state index in [1.165, 1.54) is 0 Å². The summed E-state index contributed by atoms with van der Waals surface area (Å²) < 4.78 is 5.19. The van der Waals surface area contributed by atoms with Gasteiger partial charge in [-0.15, -0.1) is 0 Å². The summed E-state index contributed by atoms with van der Waals surface area (Å²) in [6.45, 7) is 2.55. The second kappa shape index (κ2) is 7.58. The summed E-state index contributed by atoms with van der Waals surface area (Å²) in [4.78, 5) is 41.4. The molecular formula is C22H23N3O4. The molecule has 0 bridgehead atoms. The molecule has 7 nitrogen and oxygen atoms in total. The first-order valence-electron chi connectivity index (χ1n) is 9.76. The van der Waals surface area contributed by atoms with Gasteiger partial charge in [-0.05, 0) is 43.2 Å². The number of amides is 3. The van der Waals surface area contributed by atoms with Crippen LogP contribution >= 0.6 is 0 Å². The fourth-order valence-corrected chi connectivity index (χ4v) is 3.96. The Labute approximate surface area is 169 Å². The van der Waals surface area contributed by atoms with Gasteiger partial charge in [0, 0.05) is 30.3 Å². The van der Waals surface area contributed by atoms with Crippen molar-refractivity contribution in [2.24, 2.45) is 0 Å². The summed E-state index contributed by atoms with van der Waals surface area (Å²) >= 11 is 0. The highest BCUT2D eigenvalue weighted by Gasteiger charge is 2.44. The van der Waals surface area contributed by atoms with Gasteiger partial charge in [0.05, 0.1) is 18.5 Å². The van der Waals surface area contributed by atoms with Crippen LogP contribution in [0.2, 0.25) is 0 Å². The van der Waals surface area contributed by atoms with Crippen LogP contribution in [0.25, 0.3) is 0 Å². The van der Waals surface area contributed by atoms with Crippen LogP contribution in [0, 0.1) is 0 Å². The van der Waals surface area contributed by atoms with Gasteiger partial charge in [-0.1, -0.05) is 13.0 Å². The molecular weight excluding hydrogens is 370 g/mol. The number of nitrogens with one attached hydrogen (secondary N) is 1. The lowest BCUT2D eigenvalue weighted by Crippen LogP contribution is -2.52. The van der Waals surface area contributed by atoms with Crippen LogP contribution in [0.4, 0.5) is 17.1 Å². The molecule has 150 valence electrons. The number of benzene rings is 2. The Hall–Kier alpha value is -3.35. The van der Waals surface area contributed by atoms with Crippen molar-refractivity contribution >= 4 is 34.8 Å². The highest BCUT2D eigenvalue weighted by atomic mass is 16.5. The van der Waals surface area contributed by atoms with Gasteiger partial charge in [0.2, 0.25) is 11.8 Å². The van der Waals surface area contributed by atoms with Gasteiger partial charge in [0.15, 0.2) is 0 Å². The first kappa shape index (κ1) is 19.0. The summed E-state index contributed by atoms with van der Waals surface area (Å²) in [7, 11) is 1.57. The van der Waals surface area contributed by atoms with Crippen molar-refractivity contribution in [2.45, 2.75) is 32.2 Å². The van der Waals surface area contributed by atoms with Crippen molar-refractivity contribution in [1.82, 2.24) is 0 Å². The molecule has 2 aromatic carbocycles. The van der Waals surface area contributed by atoms with Gasteiger partial charge < -0.3 is 15.0 Å². The van der Waals surface area contributed by atoms with E-state index in [4.69, 9.17) is 4.74 Å². The maximum atomic E-state index is 13.0. The minimum Gasteiger partial charge on any atom is -0.497 e. The zero-order chi connectivity index (χ0) is 20.5. The SMILES string of the molecule is CCCN1C(=O)C2CCC(=O)N2c2ccc(C(=O)Nc3cccc(OC)c3)cc21. The zero-order valence-corrected chi connectivity index (χ0v) is 16.5. The topological polar surface area (TPSA) is 79.0 Å². The molecule has 2 heterocycles. The van der Waals surface area contributed by atoms with E-state index in [1.807, 2.05) is 6.92 Å². The minimum absolute atomic E-state index is 0.0469. The maximum absolute atomic E-state index is 13.0. The molecule has 1 fully saturated rings. The van der Waals surface area contributed by atoms with E-state index in [-0.39, 0.29) is 17.7 Å². The lowest BCUT2D eigenvalue weighted by molar-refractivity contribution is -0.122. The van der Waals surface area contributed by atoms with Gasteiger partial charge in [-0.3, -0.25) is 19.3 Å². The van der Waals surface area contributed by atoms with Crippen LogP contribution in [0.5, 0.6) is 5.75 Å². The highest BCUT2D eigenvalue weighted by molar-refractivity contribution is 6.16. The fourth-order valence-electron chi connectivity index (χ4n) is 3.96. The van der Waals surface area contributed by atoms with Crippen LogP contribution in [-0.4, -0.2) is 37.4 Å². The minimum atomic E-state index is -0.432. The standard InChI is InChI=1S/C22H23N3O4/c1-3-11-24-19-12-14(21(27)23-15-5-4-6-16(13-15)29-2)7-8-17(19)25-18(22(24)28)9-10-20(25)26/h4-8,12-13,18H,3,9-11H2,1-2H3,(H,23,27). The summed E-state index contributed by atoms with van der Waals surface area (Å²) in [5.41, 5.74) is 2.35. The van der Waals surface area contributed by atoms with Crippen molar-refractivity contribution < 1.29 is 19.1 Å². The molecule has 2 aromatic rings. The zero-order valence-electron chi connectivity index (χ0n) is 16.5. The van der Waals surface area contributed by atoms with Crippen LogP contribution in [0.15, 0.2) is 42.5 Å². The molecule has 1 N–H and O–H groups in total. The van der Waals surface area contributed by atoms with Gasteiger partial charge in [0.1, 0.15) is 11.8 Å². The van der Waals surface area contributed by atoms with E-state index >= 15 is 0 Å². The first-order valence-corrected chi connectivity index (χ1v) is 9.76. The van der Waals surface area contributed by atoms with Crippen molar-refractivity contribution in [1.29, 1.82) is 0 Å². The second-order valence-electron chi connectivity index (χ2n) is 7.20. The van der Waals surface area contributed by atoms with E-state index in [0.717, 1.165) is 6.42 Å². The van der Waals surface area contributed by atoms with Crippen LogP contribution in [-0.2, 0) is 9.59 Å². The average molecular weight is 393 g/mol. The number of hydrogen-bond donors (Lipinski definition) is 1. The molecule has 0 spiro atoms. The molecule has 2 aliphatic heterocycles. The van der Waals surface area contributed by atoms with E-state index in [1.54, 1.807) is 59.4 Å². The number of nitrogens with zero attached hydrogens (tertiary/aromatic N) is 2. The maximum Gasteiger partial charge on any atom is 0.255 e. The fraction of sp³-hybridized carbons (Fsp3) is 0.318. The van der Waals surface area contributed by atoms with Crippen molar-refractivity contribution in [3.05, 3.63) is 48.0 Å². The van der Waals surface area contributed by atoms with Gasteiger partial charge in [-0.2, -0.15) is 0 Å². The summed E-state index contributed by atoms with van der Waals surface area (Å²) in [6.07, 6.45) is 1.69. The monoisotopic (exact) mass is 393 g/mol. The van der Waals surface area contributed by atoms with Gasteiger partial charge >= 0.3 is 0 Å². The smallest absolute Gasteiger partial charge is 0.255 e. The molecule has 4 rings (SSSR count). The third-order valence-corrected chi connectivity index (χ3v) is 5.33. The van der Waals surface area contributed by atoms with Crippen molar-refractivity contribution in [2.75, 3.05) is 28.8 Å². The normalized spacial score (nSPS) is 17.8.